The monoisotopic (exact) mass is 440 g/mol. The van der Waals surface area contributed by atoms with Gasteiger partial charge < -0.3 is 19.7 Å². The predicted octanol–water partition coefficient (Wildman–Crippen LogP) is 2.77. The van der Waals surface area contributed by atoms with Gasteiger partial charge in [0, 0.05) is 17.2 Å². The zero-order chi connectivity index (χ0) is 22.7. The molecule has 0 amide bonds. The molecule has 1 aliphatic rings. The van der Waals surface area contributed by atoms with Gasteiger partial charge in [0.15, 0.2) is 16.8 Å². The highest BCUT2D eigenvalue weighted by Crippen LogP contribution is 2.38. The number of aliphatic hydroxyl groups is 2. The van der Waals surface area contributed by atoms with Gasteiger partial charge >= 0.3 is 0 Å². The Balaban J connectivity index is 2.15. The molecule has 0 unspecified atom stereocenters. The number of alkyl halides is 1. The highest BCUT2D eigenvalue weighted by Gasteiger charge is 2.38. The Hall–Kier alpha value is -3.26. The van der Waals surface area contributed by atoms with Crippen LogP contribution in [-0.2, 0) is 12.2 Å². The predicted molar refractivity (Wildman–Crippen MR) is 113 cm³/mol. The lowest BCUT2D eigenvalue weighted by molar-refractivity contribution is 0.0409. The number of hydrogen-bond donors (Lipinski definition) is 3. The number of rotatable bonds is 4. The van der Waals surface area contributed by atoms with E-state index in [1.165, 1.54) is 37.3 Å². The maximum Gasteiger partial charge on any atom is 0.202 e. The third kappa shape index (κ3) is 2.93. The normalized spacial score (nSPS) is 15.9. The number of phenolic OH excluding ortho intramolecular Hbond substituents is 1. The number of ketones is 2. The van der Waals surface area contributed by atoms with Crippen LogP contribution in [0.5, 0.6) is 5.75 Å². The minimum atomic E-state index is -1.86. The lowest BCUT2D eigenvalue weighted by Gasteiger charge is -2.26. The van der Waals surface area contributed by atoms with Crippen molar-refractivity contribution in [2.45, 2.75) is 24.5 Å². The molecule has 3 N–H and O–H groups in total. The maximum absolute atomic E-state index is 13.3. The Labute approximate surface area is 180 Å². The molecule has 0 saturated heterocycles. The Kier molecular flexibility index (Phi) is 4.85. The van der Waals surface area contributed by atoms with Crippen molar-refractivity contribution in [1.29, 1.82) is 0 Å². The quantitative estimate of drug-likeness (QED) is 0.329. The molecule has 2 atom stereocenters. The average Bonchev–Trinajstić information content (AvgIpc) is 2.75. The van der Waals surface area contributed by atoms with E-state index in [0.29, 0.717) is 0 Å². The zero-order valence-corrected chi connectivity index (χ0v) is 17.1. The van der Waals surface area contributed by atoms with E-state index < -0.39 is 34.6 Å². The van der Waals surface area contributed by atoms with Crippen LogP contribution in [0, 0.1) is 0 Å². The van der Waals surface area contributed by atoms with Crippen molar-refractivity contribution in [3.05, 3.63) is 86.8 Å². The number of fused-ring (bicyclic) bond motifs is 4. The Morgan fingerprint density at radius 1 is 1.16 bits per heavy atom. The van der Waals surface area contributed by atoms with E-state index in [1.807, 2.05) is 0 Å². The lowest BCUT2D eigenvalue weighted by Crippen LogP contribution is -2.32. The topological polar surface area (TPSA) is 125 Å². The molecular formula is C23H17ClO7. The number of carbonyl (C=O) groups excluding carboxylic acids is 2. The van der Waals surface area contributed by atoms with Gasteiger partial charge in [-0.25, -0.2) is 0 Å². The summed E-state index contributed by atoms with van der Waals surface area (Å²) < 4.78 is 5.80. The minimum absolute atomic E-state index is 0.00119. The fourth-order valence-electron chi connectivity index (χ4n) is 3.80. The van der Waals surface area contributed by atoms with Crippen LogP contribution in [-0.4, -0.2) is 32.3 Å². The summed E-state index contributed by atoms with van der Waals surface area (Å²) in [4.78, 5) is 39.3. The number of hydrogen-bond acceptors (Lipinski definition) is 7. The summed E-state index contributed by atoms with van der Waals surface area (Å²) in [5.74, 6) is -1.93. The van der Waals surface area contributed by atoms with Gasteiger partial charge in [0.05, 0.1) is 28.5 Å². The SMILES string of the molecule is C=C[C@H](Cl)[C@@](C)(O)c1cc(=O)c2c(CO)cc3c(c2o1)C(=O)c1c(O)cccc1C3=O. The summed E-state index contributed by atoms with van der Waals surface area (Å²) in [6.07, 6.45) is 1.26. The first-order valence-corrected chi connectivity index (χ1v) is 9.72. The maximum atomic E-state index is 13.3. The molecule has 158 valence electrons. The molecule has 0 bridgehead atoms. The summed E-state index contributed by atoms with van der Waals surface area (Å²) >= 11 is 6.11. The van der Waals surface area contributed by atoms with E-state index in [4.69, 9.17) is 16.0 Å². The molecule has 4 rings (SSSR count). The van der Waals surface area contributed by atoms with Crippen molar-refractivity contribution in [3.63, 3.8) is 0 Å². The van der Waals surface area contributed by atoms with Gasteiger partial charge in [0.1, 0.15) is 17.1 Å². The molecular weight excluding hydrogens is 424 g/mol. The van der Waals surface area contributed by atoms with E-state index in [-0.39, 0.29) is 50.3 Å². The largest absolute Gasteiger partial charge is 0.507 e. The highest BCUT2D eigenvalue weighted by atomic mass is 35.5. The fourth-order valence-corrected chi connectivity index (χ4v) is 3.90. The highest BCUT2D eigenvalue weighted by molar-refractivity contribution is 6.32. The fraction of sp³-hybridized carbons (Fsp3) is 0.174. The van der Waals surface area contributed by atoms with E-state index in [0.717, 1.165) is 6.07 Å². The number of benzene rings is 2. The zero-order valence-electron chi connectivity index (χ0n) is 16.3. The van der Waals surface area contributed by atoms with Gasteiger partial charge in [-0.3, -0.25) is 14.4 Å². The van der Waals surface area contributed by atoms with Crippen molar-refractivity contribution in [3.8, 4) is 5.75 Å². The second-order valence-electron chi connectivity index (χ2n) is 7.44. The third-order valence-electron chi connectivity index (χ3n) is 5.48. The summed E-state index contributed by atoms with van der Waals surface area (Å²) in [5.41, 5.74) is -3.21. The first-order valence-electron chi connectivity index (χ1n) is 9.28. The van der Waals surface area contributed by atoms with Crippen LogP contribution in [0.2, 0.25) is 0 Å². The number of halogens is 1. The van der Waals surface area contributed by atoms with Crippen molar-refractivity contribution in [2.24, 2.45) is 0 Å². The van der Waals surface area contributed by atoms with Crippen LogP contribution in [0.1, 0.15) is 50.1 Å². The van der Waals surface area contributed by atoms with Gasteiger partial charge in [-0.1, -0.05) is 18.2 Å². The molecule has 0 aliphatic heterocycles. The van der Waals surface area contributed by atoms with Crippen LogP contribution in [0.25, 0.3) is 11.0 Å². The van der Waals surface area contributed by atoms with Crippen LogP contribution in [0.3, 0.4) is 0 Å². The smallest absolute Gasteiger partial charge is 0.202 e. The van der Waals surface area contributed by atoms with Crippen molar-refractivity contribution < 1.29 is 29.3 Å². The second kappa shape index (κ2) is 7.16. The first kappa shape index (κ1) is 21.0. The van der Waals surface area contributed by atoms with E-state index >= 15 is 0 Å². The number of aromatic hydroxyl groups is 1. The van der Waals surface area contributed by atoms with Crippen LogP contribution in [0.15, 0.2) is 52.2 Å². The number of carbonyl (C=O) groups is 2. The Morgan fingerprint density at radius 3 is 2.52 bits per heavy atom. The standard InChI is InChI=1S/C23H17ClO7/c1-3-15(24)23(2,30)16-8-14(27)17-10(9-25)7-12-19(22(17)31-16)21(29)18-11(20(12)28)5-4-6-13(18)26/h3-8,15,25-26,30H,1,9H2,2H3/t15-,23+/m0/s1. The second-order valence-corrected chi connectivity index (χ2v) is 7.91. The summed E-state index contributed by atoms with van der Waals surface area (Å²) in [7, 11) is 0. The molecule has 1 aromatic heterocycles. The molecule has 1 aliphatic carbocycles. The molecule has 2 aromatic carbocycles. The van der Waals surface area contributed by atoms with Gasteiger partial charge in [0.25, 0.3) is 0 Å². The van der Waals surface area contributed by atoms with Crippen LogP contribution < -0.4 is 5.43 Å². The van der Waals surface area contributed by atoms with Gasteiger partial charge in [-0.15, -0.1) is 18.2 Å². The molecule has 0 spiro atoms. The summed E-state index contributed by atoms with van der Waals surface area (Å²) in [6, 6.07) is 6.40. The molecule has 0 fully saturated rings. The first-order chi connectivity index (χ1) is 14.6. The molecule has 31 heavy (non-hydrogen) atoms. The average molecular weight is 441 g/mol. The van der Waals surface area contributed by atoms with E-state index in [2.05, 4.69) is 6.58 Å². The van der Waals surface area contributed by atoms with Gasteiger partial charge in [-0.05, 0) is 24.6 Å². The summed E-state index contributed by atoms with van der Waals surface area (Å²) in [5, 5.41) is 29.7. The van der Waals surface area contributed by atoms with E-state index in [9.17, 15) is 29.7 Å². The summed E-state index contributed by atoms with van der Waals surface area (Å²) in [6.45, 7) is 4.24. The van der Waals surface area contributed by atoms with Crippen LogP contribution in [0.4, 0.5) is 0 Å². The van der Waals surface area contributed by atoms with Gasteiger partial charge in [0.2, 0.25) is 5.78 Å². The van der Waals surface area contributed by atoms with Gasteiger partial charge in [-0.2, -0.15) is 0 Å². The van der Waals surface area contributed by atoms with Crippen molar-refractivity contribution >= 4 is 34.1 Å². The lowest BCUT2D eigenvalue weighted by atomic mass is 9.81. The molecule has 0 radical (unpaired) electrons. The number of phenols is 1. The molecule has 7 nitrogen and oxygen atoms in total. The molecule has 8 heteroatoms. The molecule has 0 saturated carbocycles. The Bertz CT molecular complexity index is 1350. The van der Waals surface area contributed by atoms with Crippen molar-refractivity contribution in [2.75, 3.05) is 0 Å². The third-order valence-corrected chi connectivity index (χ3v) is 6.09. The molecule has 1 heterocycles. The minimum Gasteiger partial charge on any atom is -0.507 e. The molecule has 3 aromatic rings. The van der Waals surface area contributed by atoms with E-state index in [1.54, 1.807) is 0 Å². The van der Waals surface area contributed by atoms with Crippen molar-refractivity contribution in [1.82, 2.24) is 0 Å². The number of aliphatic hydroxyl groups excluding tert-OH is 1. The van der Waals surface area contributed by atoms with Crippen LogP contribution >= 0.6 is 11.6 Å². The Morgan fingerprint density at radius 2 is 1.87 bits per heavy atom.